The topological polar surface area (TPSA) is 35.2 Å². The molecule has 2 N–H and O–H groups in total. The Morgan fingerprint density at radius 3 is 2.77 bits per heavy atom. The predicted octanol–water partition coefficient (Wildman–Crippen LogP) is 2.15. The fourth-order valence-corrected chi connectivity index (χ4v) is 1.12. The van der Waals surface area contributed by atoms with E-state index in [-0.39, 0.29) is 11.6 Å². The van der Waals surface area contributed by atoms with Crippen molar-refractivity contribution in [1.82, 2.24) is 0 Å². The van der Waals surface area contributed by atoms with E-state index in [1.54, 1.807) is 19.1 Å². The lowest BCUT2D eigenvalue weighted by Crippen LogP contribution is -1.94. The Labute approximate surface area is 76.8 Å². The van der Waals surface area contributed by atoms with Crippen LogP contribution in [0.25, 0.3) is 5.57 Å². The number of para-hydroxylation sites is 1. The summed E-state index contributed by atoms with van der Waals surface area (Å²) in [6.07, 6.45) is 1.43. The molecule has 0 aliphatic heterocycles. The number of hydrogen-bond acceptors (Lipinski definition) is 2. The maximum absolute atomic E-state index is 13.2. The zero-order valence-electron chi connectivity index (χ0n) is 7.67. The molecule has 0 saturated carbocycles. The molecule has 0 amide bonds. The van der Waals surface area contributed by atoms with E-state index in [1.165, 1.54) is 19.4 Å². The van der Waals surface area contributed by atoms with Gasteiger partial charge in [-0.1, -0.05) is 12.1 Å². The van der Waals surface area contributed by atoms with Crippen molar-refractivity contribution < 1.29 is 9.13 Å². The second-order valence-corrected chi connectivity index (χ2v) is 2.67. The van der Waals surface area contributed by atoms with Crippen LogP contribution in [0.2, 0.25) is 0 Å². The summed E-state index contributed by atoms with van der Waals surface area (Å²) < 4.78 is 18.1. The molecule has 0 spiro atoms. The van der Waals surface area contributed by atoms with Gasteiger partial charge >= 0.3 is 0 Å². The van der Waals surface area contributed by atoms with Crippen LogP contribution in [0, 0.1) is 5.82 Å². The molecule has 2 nitrogen and oxygen atoms in total. The number of halogens is 1. The Balaban J connectivity index is 3.28. The lowest BCUT2D eigenvalue weighted by Gasteiger charge is -2.08. The van der Waals surface area contributed by atoms with Crippen LogP contribution in [0.15, 0.2) is 24.4 Å². The molecule has 0 aliphatic carbocycles. The Morgan fingerprint density at radius 2 is 2.23 bits per heavy atom. The highest BCUT2D eigenvalue weighted by Crippen LogP contribution is 2.27. The molecule has 0 aliphatic rings. The second-order valence-electron chi connectivity index (χ2n) is 2.67. The summed E-state index contributed by atoms with van der Waals surface area (Å²) in [7, 11) is 1.44. The largest absolute Gasteiger partial charge is 0.493 e. The minimum absolute atomic E-state index is 0.238. The second kappa shape index (κ2) is 3.94. The Hall–Kier alpha value is -1.51. The molecule has 1 rings (SSSR count). The van der Waals surface area contributed by atoms with Gasteiger partial charge in [-0.3, -0.25) is 0 Å². The molecular formula is C10H12FNO. The molecule has 0 unspecified atom stereocenters. The molecule has 0 bridgehead atoms. The van der Waals surface area contributed by atoms with Crippen molar-refractivity contribution in [2.24, 2.45) is 5.73 Å². The number of allylic oxidation sites excluding steroid dienone is 1. The van der Waals surface area contributed by atoms with E-state index in [4.69, 9.17) is 10.5 Å². The lowest BCUT2D eigenvalue weighted by molar-refractivity contribution is 0.385. The first-order valence-electron chi connectivity index (χ1n) is 3.92. The average Bonchev–Trinajstić information content (AvgIpc) is 2.16. The minimum Gasteiger partial charge on any atom is -0.493 e. The Morgan fingerprint density at radius 1 is 1.54 bits per heavy atom. The summed E-state index contributed by atoms with van der Waals surface area (Å²) in [5.74, 6) is -0.136. The van der Waals surface area contributed by atoms with Gasteiger partial charge in [-0.05, 0) is 24.8 Å². The molecule has 1 aromatic rings. The third-order valence-electron chi connectivity index (χ3n) is 1.85. The first-order chi connectivity index (χ1) is 6.20. The number of methoxy groups -OCH3 is 1. The van der Waals surface area contributed by atoms with E-state index in [1.807, 2.05) is 0 Å². The standard InChI is InChI=1S/C10H12FNO/c1-7(6-12)8-4-3-5-9(11)10(8)13-2/h3-6H,12H2,1-2H3/b7-6+. The molecule has 0 fully saturated rings. The molecular weight excluding hydrogens is 169 g/mol. The zero-order valence-corrected chi connectivity index (χ0v) is 7.67. The number of nitrogens with two attached hydrogens (primary N) is 1. The highest BCUT2D eigenvalue weighted by Gasteiger charge is 2.08. The minimum atomic E-state index is -0.374. The van der Waals surface area contributed by atoms with Gasteiger partial charge in [0.25, 0.3) is 0 Å². The maximum Gasteiger partial charge on any atom is 0.165 e. The molecule has 0 heterocycles. The number of benzene rings is 1. The first kappa shape index (κ1) is 9.58. The van der Waals surface area contributed by atoms with Gasteiger partial charge in [0, 0.05) is 5.56 Å². The van der Waals surface area contributed by atoms with Crippen LogP contribution < -0.4 is 10.5 Å². The Bertz CT molecular complexity index is 334. The molecule has 0 radical (unpaired) electrons. The van der Waals surface area contributed by atoms with Gasteiger partial charge in [0.1, 0.15) is 0 Å². The summed E-state index contributed by atoms with van der Waals surface area (Å²) in [5, 5.41) is 0. The van der Waals surface area contributed by atoms with Crippen LogP contribution in [0.4, 0.5) is 4.39 Å². The smallest absolute Gasteiger partial charge is 0.165 e. The number of rotatable bonds is 2. The Kier molecular flexibility index (Phi) is 2.90. The van der Waals surface area contributed by atoms with E-state index in [0.717, 1.165) is 5.57 Å². The summed E-state index contributed by atoms with van der Waals surface area (Å²) in [6, 6.07) is 4.74. The number of ether oxygens (including phenoxy) is 1. The molecule has 13 heavy (non-hydrogen) atoms. The molecule has 0 atom stereocenters. The van der Waals surface area contributed by atoms with Crippen LogP contribution >= 0.6 is 0 Å². The highest BCUT2D eigenvalue weighted by atomic mass is 19.1. The van der Waals surface area contributed by atoms with Gasteiger partial charge in [0.05, 0.1) is 7.11 Å². The van der Waals surface area contributed by atoms with Gasteiger partial charge in [0.15, 0.2) is 11.6 Å². The van der Waals surface area contributed by atoms with Crippen molar-refractivity contribution >= 4 is 5.57 Å². The number of hydrogen-bond donors (Lipinski definition) is 1. The molecule has 0 saturated heterocycles. The van der Waals surface area contributed by atoms with Gasteiger partial charge < -0.3 is 10.5 Å². The predicted molar refractivity (Wildman–Crippen MR) is 50.8 cm³/mol. The van der Waals surface area contributed by atoms with Crippen molar-refractivity contribution in [1.29, 1.82) is 0 Å². The average molecular weight is 181 g/mol. The summed E-state index contributed by atoms with van der Waals surface area (Å²) >= 11 is 0. The highest BCUT2D eigenvalue weighted by molar-refractivity contribution is 5.68. The zero-order chi connectivity index (χ0) is 9.84. The first-order valence-corrected chi connectivity index (χ1v) is 3.92. The van der Waals surface area contributed by atoms with Crippen molar-refractivity contribution in [2.45, 2.75) is 6.92 Å². The van der Waals surface area contributed by atoms with Crippen LogP contribution in [-0.4, -0.2) is 7.11 Å². The van der Waals surface area contributed by atoms with Crippen molar-refractivity contribution in [3.63, 3.8) is 0 Å². The van der Waals surface area contributed by atoms with Gasteiger partial charge in [-0.25, -0.2) is 4.39 Å². The molecule has 3 heteroatoms. The fourth-order valence-electron chi connectivity index (χ4n) is 1.12. The van der Waals surface area contributed by atoms with Crippen molar-refractivity contribution in [3.8, 4) is 5.75 Å². The van der Waals surface area contributed by atoms with E-state index >= 15 is 0 Å². The molecule has 1 aromatic carbocycles. The lowest BCUT2D eigenvalue weighted by atomic mass is 10.1. The van der Waals surface area contributed by atoms with Crippen LogP contribution in [-0.2, 0) is 0 Å². The van der Waals surface area contributed by atoms with Crippen molar-refractivity contribution in [3.05, 3.63) is 35.8 Å². The molecule has 70 valence electrons. The van der Waals surface area contributed by atoms with Gasteiger partial charge in [-0.2, -0.15) is 0 Å². The van der Waals surface area contributed by atoms with Crippen LogP contribution in [0.1, 0.15) is 12.5 Å². The van der Waals surface area contributed by atoms with Gasteiger partial charge in [-0.15, -0.1) is 0 Å². The molecule has 0 aromatic heterocycles. The van der Waals surface area contributed by atoms with Crippen molar-refractivity contribution in [2.75, 3.05) is 7.11 Å². The summed E-state index contributed by atoms with van der Waals surface area (Å²) in [5.41, 5.74) is 6.81. The van der Waals surface area contributed by atoms with E-state index in [2.05, 4.69) is 0 Å². The van der Waals surface area contributed by atoms with E-state index in [9.17, 15) is 4.39 Å². The van der Waals surface area contributed by atoms with Crippen LogP contribution in [0.3, 0.4) is 0 Å². The third kappa shape index (κ3) is 1.80. The van der Waals surface area contributed by atoms with Crippen LogP contribution in [0.5, 0.6) is 5.75 Å². The fraction of sp³-hybridized carbons (Fsp3) is 0.200. The monoisotopic (exact) mass is 181 g/mol. The maximum atomic E-state index is 13.2. The SMILES string of the molecule is COc1c(F)cccc1/C(C)=C/N. The third-order valence-corrected chi connectivity index (χ3v) is 1.85. The quantitative estimate of drug-likeness (QED) is 0.758. The van der Waals surface area contributed by atoms with E-state index < -0.39 is 0 Å². The van der Waals surface area contributed by atoms with Gasteiger partial charge in [0.2, 0.25) is 0 Å². The summed E-state index contributed by atoms with van der Waals surface area (Å²) in [6.45, 7) is 1.80. The summed E-state index contributed by atoms with van der Waals surface area (Å²) in [4.78, 5) is 0. The van der Waals surface area contributed by atoms with E-state index in [0.29, 0.717) is 5.56 Å². The normalized spacial score (nSPS) is 11.5.